The molecule has 1 aliphatic rings. The molecule has 4 rings (SSSR count). The van der Waals surface area contributed by atoms with E-state index in [0.29, 0.717) is 11.4 Å². The number of alkyl halides is 3. The number of amides is 1. The topological polar surface area (TPSA) is 81.8 Å². The van der Waals surface area contributed by atoms with Gasteiger partial charge in [-0.05, 0) is 37.1 Å². The molecule has 1 saturated carbocycles. The molecule has 10 heteroatoms. The van der Waals surface area contributed by atoms with Gasteiger partial charge in [-0.25, -0.2) is 9.48 Å². The largest absolute Gasteiger partial charge is 0.418 e. The molecule has 0 spiro atoms. The van der Waals surface area contributed by atoms with E-state index in [1.807, 2.05) is 0 Å². The van der Waals surface area contributed by atoms with Gasteiger partial charge in [0, 0.05) is 24.0 Å². The second kappa shape index (κ2) is 7.19. The van der Waals surface area contributed by atoms with Crippen molar-refractivity contribution in [1.82, 2.24) is 19.3 Å². The highest BCUT2D eigenvalue weighted by atomic mass is 19.4. The summed E-state index contributed by atoms with van der Waals surface area (Å²) >= 11 is 0. The van der Waals surface area contributed by atoms with E-state index in [1.165, 1.54) is 16.7 Å². The number of benzene rings is 1. The molecule has 1 fully saturated rings. The number of halogens is 3. The third-order valence-corrected chi connectivity index (χ3v) is 4.50. The van der Waals surface area contributed by atoms with E-state index in [4.69, 9.17) is 0 Å². The lowest BCUT2D eigenvalue weighted by Crippen LogP contribution is -2.30. The van der Waals surface area contributed by atoms with Crippen LogP contribution in [0, 0.1) is 0 Å². The van der Waals surface area contributed by atoms with E-state index < -0.39 is 29.9 Å². The van der Waals surface area contributed by atoms with Gasteiger partial charge in [0.2, 0.25) is 5.91 Å². The summed E-state index contributed by atoms with van der Waals surface area (Å²) < 4.78 is 41.8. The molecule has 2 heterocycles. The molecule has 29 heavy (non-hydrogen) atoms. The zero-order valence-electron chi connectivity index (χ0n) is 15.1. The number of carbonyl (C=O) groups excluding carboxylic acids is 1. The Bertz CT molecular complexity index is 1100. The number of para-hydroxylation sites is 1. The minimum Gasteiger partial charge on any atom is -0.324 e. The van der Waals surface area contributed by atoms with Crippen LogP contribution in [0.3, 0.4) is 0 Å². The monoisotopic (exact) mass is 403 g/mol. The van der Waals surface area contributed by atoms with Crippen LogP contribution in [0.25, 0.3) is 11.4 Å². The molecule has 0 saturated heterocycles. The maximum Gasteiger partial charge on any atom is 0.418 e. The summed E-state index contributed by atoms with van der Waals surface area (Å²) in [6.45, 7) is -0.502. The lowest BCUT2D eigenvalue weighted by Gasteiger charge is -2.13. The number of hydrogen-bond acceptors (Lipinski definition) is 4. The maximum absolute atomic E-state index is 13.1. The molecule has 2 aromatic heterocycles. The number of carbonyl (C=O) groups is 1. The van der Waals surface area contributed by atoms with Crippen molar-refractivity contribution >= 4 is 11.6 Å². The number of nitrogens with one attached hydrogen (secondary N) is 1. The quantitative estimate of drug-likeness (QED) is 0.710. The van der Waals surface area contributed by atoms with E-state index in [1.54, 1.807) is 24.5 Å². The number of hydrogen-bond donors (Lipinski definition) is 1. The van der Waals surface area contributed by atoms with Gasteiger partial charge >= 0.3 is 11.9 Å². The summed E-state index contributed by atoms with van der Waals surface area (Å²) in [5.41, 5.74) is -1.18. The van der Waals surface area contributed by atoms with Gasteiger partial charge in [0.25, 0.3) is 0 Å². The third kappa shape index (κ3) is 3.91. The summed E-state index contributed by atoms with van der Waals surface area (Å²) in [6, 6.07) is 8.12. The normalized spacial score (nSPS) is 14.0. The number of nitrogens with zero attached hydrogens (tertiary/aromatic N) is 4. The molecule has 3 aromatic rings. The van der Waals surface area contributed by atoms with Gasteiger partial charge in [-0.2, -0.15) is 13.2 Å². The van der Waals surface area contributed by atoms with E-state index in [-0.39, 0.29) is 11.7 Å². The van der Waals surface area contributed by atoms with Gasteiger partial charge in [0.05, 0.1) is 11.3 Å². The number of rotatable bonds is 5. The predicted octanol–water partition coefficient (Wildman–Crippen LogP) is 3.10. The Labute approximate surface area is 162 Å². The Kier molecular flexibility index (Phi) is 4.69. The van der Waals surface area contributed by atoms with E-state index in [2.05, 4.69) is 15.4 Å². The summed E-state index contributed by atoms with van der Waals surface area (Å²) in [7, 11) is 0. The SMILES string of the molecule is O=C(Cn1nc(-c2cccnc2)n(C2CC2)c1=O)Nc1ccccc1C(F)(F)F. The van der Waals surface area contributed by atoms with Gasteiger partial charge < -0.3 is 5.32 Å². The Balaban J connectivity index is 1.61. The van der Waals surface area contributed by atoms with Gasteiger partial charge in [0.15, 0.2) is 5.82 Å². The molecular formula is C19H16F3N5O2. The fraction of sp³-hybridized carbons (Fsp3) is 0.263. The third-order valence-electron chi connectivity index (χ3n) is 4.50. The first kappa shape index (κ1) is 18.9. The smallest absolute Gasteiger partial charge is 0.324 e. The van der Waals surface area contributed by atoms with Crippen molar-refractivity contribution in [2.75, 3.05) is 5.32 Å². The Morgan fingerprint density at radius 3 is 2.59 bits per heavy atom. The van der Waals surface area contributed by atoms with Crippen LogP contribution in [-0.4, -0.2) is 25.2 Å². The number of anilines is 1. The average Bonchev–Trinajstić information content (AvgIpc) is 3.47. The molecule has 150 valence electrons. The highest BCUT2D eigenvalue weighted by Gasteiger charge is 2.34. The first-order chi connectivity index (χ1) is 13.8. The van der Waals surface area contributed by atoms with Gasteiger partial charge in [0.1, 0.15) is 6.54 Å². The molecule has 0 radical (unpaired) electrons. The minimum absolute atomic E-state index is 0.000438. The standard InChI is InChI=1S/C19H16F3N5O2/c20-19(21,22)14-5-1-2-6-15(14)24-16(28)11-26-18(29)27(13-7-8-13)17(25-26)12-4-3-9-23-10-12/h1-6,9-10,13H,7-8,11H2,(H,24,28). The second-order valence-corrected chi connectivity index (χ2v) is 6.70. The summed E-state index contributed by atoms with van der Waals surface area (Å²) in [6.07, 6.45) is 0.187. The number of pyridine rings is 1. The zero-order chi connectivity index (χ0) is 20.6. The molecule has 0 atom stereocenters. The maximum atomic E-state index is 13.1. The molecular weight excluding hydrogens is 387 g/mol. The van der Waals surface area contributed by atoms with Crippen LogP contribution in [0.4, 0.5) is 18.9 Å². The van der Waals surface area contributed by atoms with Crippen molar-refractivity contribution in [3.05, 3.63) is 64.8 Å². The van der Waals surface area contributed by atoms with Crippen molar-refractivity contribution in [1.29, 1.82) is 0 Å². The Morgan fingerprint density at radius 2 is 1.93 bits per heavy atom. The van der Waals surface area contributed by atoms with Crippen molar-refractivity contribution in [2.24, 2.45) is 0 Å². The molecule has 0 unspecified atom stereocenters. The molecule has 0 aliphatic heterocycles. The van der Waals surface area contributed by atoms with Gasteiger partial charge in [-0.15, -0.1) is 5.10 Å². The van der Waals surface area contributed by atoms with Crippen LogP contribution >= 0.6 is 0 Å². The van der Waals surface area contributed by atoms with Crippen LogP contribution in [0.15, 0.2) is 53.6 Å². The van der Waals surface area contributed by atoms with Gasteiger partial charge in [-0.1, -0.05) is 12.1 Å². The first-order valence-electron chi connectivity index (χ1n) is 8.90. The fourth-order valence-corrected chi connectivity index (χ4v) is 3.04. The van der Waals surface area contributed by atoms with E-state index >= 15 is 0 Å². The summed E-state index contributed by atoms with van der Waals surface area (Å²) in [5, 5.41) is 6.46. The van der Waals surface area contributed by atoms with Crippen LogP contribution in [-0.2, 0) is 17.5 Å². The Morgan fingerprint density at radius 1 is 1.17 bits per heavy atom. The summed E-state index contributed by atoms with van der Waals surface area (Å²) in [5.74, 6) is -0.393. The fourth-order valence-electron chi connectivity index (χ4n) is 3.04. The first-order valence-corrected chi connectivity index (χ1v) is 8.90. The molecule has 0 bridgehead atoms. The molecule has 7 nitrogen and oxygen atoms in total. The van der Waals surface area contributed by atoms with Crippen molar-refractivity contribution in [3.8, 4) is 11.4 Å². The van der Waals surface area contributed by atoms with Crippen molar-refractivity contribution in [2.45, 2.75) is 31.6 Å². The van der Waals surface area contributed by atoms with E-state index in [0.717, 1.165) is 29.7 Å². The lowest BCUT2D eigenvalue weighted by atomic mass is 10.1. The van der Waals surface area contributed by atoms with E-state index in [9.17, 15) is 22.8 Å². The van der Waals surface area contributed by atoms with Crippen molar-refractivity contribution in [3.63, 3.8) is 0 Å². The molecule has 1 aromatic carbocycles. The van der Waals surface area contributed by atoms with Crippen molar-refractivity contribution < 1.29 is 18.0 Å². The van der Waals surface area contributed by atoms with Crippen LogP contribution in [0.2, 0.25) is 0 Å². The van der Waals surface area contributed by atoms with Crippen LogP contribution in [0.5, 0.6) is 0 Å². The highest BCUT2D eigenvalue weighted by molar-refractivity contribution is 5.91. The highest BCUT2D eigenvalue weighted by Crippen LogP contribution is 2.36. The zero-order valence-corrected chi connectivity index (χ0v) is 15.1. The Hall–Kier alpha value is -3.43. The molecule has 1 amide bonds. The van der Waals surface area contributed by atoms with Crippen LogP contribution < -0.4 is 11.0 Å². The minimum atomic E-state index is -4.61. The van der Waals surface area contributed by atoms with Crippen LogP contribution in [0.1, 0.15) is 24.4 Å². The lowest BCUT2D eigenvalue weighted by molar-refractivity contribution is -0.137. The molecule has 1 N–H and O–H groups in total. The second-order valence-electron chi connectivity index (χ2n) is 6.70. The van der Waals surface area contributed by atoms with Gasteiger partial charge in [-0.3, -0.25) is 14.3 Å². The number of aromatic nitrogens is 4. The summed E-state index contributed by atoms with van der Waals surface area (Å²) in [4.78, 5) is 29.1. The average molecular weight is 403 g/mol. The predicted molar refractivity (Wildman–Crippen MR) is 98.1 cm³/mol. The molecule has 1 aliphatic carbocycles.